The topological polar surface area (TPSA) is 21.3 Å². The van der Waals surface area contributed by atoms with E-state index >= 15 is 0 Å². The summed E-state index contributed by atoms with van der Waals surface area (Å²) in [5.74, 6) is 2.58. The molecular formula is C15H31NO. The Morgan fingerprint density at radius 2 is 1.76 bits per heavy atom. The Hall–Kier alpha value is -0.0800. The Balaban J connectivity index is 2.43. The molecule has 3 atom stereocenters. The molecule has 0 bridgehead atoms. The van der Waals surface area contributed by atoms with Gasteiger partial charge in [0.2, 0.25) is 0 Å². The maximum absolute atomic E-state index is 5.76. The van der Waals surface area contributed by atoms with Crippen LogP contribution in [0.1, 0.15) is 53.4 Å². The molecule has 1 aliphatic carbocycles. The molecule has 0 heterocycles. The van der Waals surface area contributed by atoms with Crippen LogP contribution in [0.5, 0.6) is 0 Å². The van der Waals surface area contributed by atoms with E-state index in [1.165, 1.54) is 19.3 Å². The normalized spacial score (nSPS) is 31.4. The van der Waals surface area contributed by atoms with Crippen LogP contribution >= 0.6 is 0 Å². The first-order chi connectivity index (χ1) is 8.17. The van der Waals surface area contributed by atoms with Crippen LogP contribution in [0.2, 0.25) is 0 Å². The molecule has 1 fully saturated rings. The average molecular weight is 241 g/mol. The van der Waals surface area contributed by atoms with Crippen molar-refractivity contribution in [2.75, 3.05) is 19.8 Å². The fourth-order valence-electron chi connectivity index (χ4n) is 3.32. The zero-order valence-electron chi connectivity index (χ0n) is 12.2. The van der Waals surface area contributed by atoms with Gasteiger partial charge in [-0.25, -0.2) is 0 Å². The maximum Gasteiger partial charge on any atom is 0.0622 e. The fourth-order valence-corrected chi connectivity index (χ4v) is 3.32. The number of hydrogen-bond donors (Lipinski definition) is 1. The minimum Gasteiger partial charge on any atom is -0.380 e. The molecule has 1 rings (SSSR count). The van der Waals surface area contributed by atoms with Crippen molar-refractivity contribution in [1.82, 2.24) is 5.32 Å². The molecule has 102 valence electrons. The van der Waals surface area contributed by atoms with Crippen LogP contribution in [-0.2, 0) is 4.74 Å². The summed E-state index contributed by atoms with van der Waals surface area (Å²) >= 11 is 0. The minimum atomic E-state index is 0.566. The third-order valence-electron chi connectivity index (χ3n) is 3.90. The summed E-state index contributed by atoms with van der Waals surface area (Å²) in [4.78, 5) is 0. The lowest BCUT2D eigenvalue weighted by atomic mass is 9.74. The molecule has 1 N–H and O–H groups in total. The highest BCUT2D eigenvalue weighted by Gasteiger charge is 2.29. The molecule has 0 aromatic rings. The molecule has 2 heteroatoms. The zero-order valence-corrected chi connectivity index (χ0v) is 12.2. The molecule has 0 aromatic heterocycles. The first kappa shape index (κ1) is 15.0. The molecule has 0 saturated heterocycles. The molecule has 3 unspecified atom stereocenters. The van der Waals surface area contributed by atoms with Crippen LogP contribution in [0.3, 0.4) is 0 Å². The summed E-state index contributed by atoms with van der Waals surface area (Å²) < 4.78 is 5.76. The predicted octanol–water partition coefficient (Wildman–Crippen LogP) is 3.46. The van der Waals surface area contributed by atoms with Crippen molar-refractivity contribution in [3.05, 3.63) is 0 Å². The average Bonchev–Trinajstić information content (AvgIpc) is 2.27. The van der Waals surface area contributed by atoms with E-state index in [0.29, 0.717) is 6.04 Å². The highest BCUT2D eigenvalue weighted by Crippen LogP contribution is 2.34. The van der Waals surface area contributed by atoms with Crippen molar-refractivity contribution < 1.29 is 4.74 Å². The van der Waals surface area contributed by atoms with Gasteiger partial charge < -0.3 is 10.1 Å². The molecular weight excluding hydrogens is 210 g/mol. The zero-order chi connectivity index (χ0) is 12.7. The van der Waals surface area contributed by atoms with Crippen molar-refractivity contribution in [2.45, 2.75) is 59.4 Å². The van der Waals surface area contributed by atoms with Crippen LogP contribution < -0.4 is 5.32 Å². The number of ether oxygens (including phenoxy) is 1. The Kier molecular flexibility index (Phi) is 7.14. The summed E-state index contributed by atoms with van der Waals surface area (Å²) in [6, 6.07) is 0.566. The van der Waals surface area contributed by atoms with Crippen LogP contribution in [0, 0.1) is 17.8 Å². The summed E-state index contributed by atoms with van der Waals surface area (Å²) in [5.41, 5.74) is 0. The van der Waals surface area contributed by atoms with E-state index in [-0.39, 0.29) is 0 Å². The van der Waals surface area contributed by atoms with Gasteiger partial charge in [0.1, 0.15) is 0 Å². The first-order valence-electron chi connectivity index (χ1n) is 7.48. The standard InChI is InChI=1S/C15H31NO/c1-5-7-17-11-15(16-6-2)14-9-12(3)8-13(4)10-14/h12-16H,5-11H2,1-4H3. The lowest BCUT2D eigenvalue weighted by Crippen LogP contribution is -2.43. The molecule has 17 heavy (non-hydrogen) atoms. The van der Waals surface area contributed by atoms with E-state index < -0.39 is 0 Å². The van der Waals surface area contributed by atoms with Gasteiger partial charge >= 0.3 is 0 Å². The minimum absolute atomic E-state index is 0.566. The van der Waals surface area contributed by atoms with E-state index in [9.17, 15) is 0 Å². The lowest BCUT2D eigenvalue weighted by molar-refractivity contribution is 0.0714. The van der Waals surface area contributed by atoms with Gasteiger partial charge in [-0.05, 0) is 50.0 Å². The van der Waals surface area contributed by atoms with Gasteiger partial charge in [-0.15, -0.1) is 0 Å². The van der Waals surface area contributed by atoms with Crippen LogP contribution in [0.15, 0.2) is 0 Å². The van der Waals surface area contributed by atoms with Crippen molar-refractivity contribution in [2.24, 2.45) is 17.8 Å². The number of rotatable bonds is 7. The van der Waals surface area contributed by atoms with Crippen LogP contribution in [0.4, 0.5) is 0 Å². The fraction of sp³-hybridized carbons (Fsp3) is 1.00. The van der Waals surface area contributed by atoms with Gasteiger partial charge in [0.25, 0.3) is 0 Å². The van der Waals surface area contributed by atoms with E-state index in [2.05, 4.69) is 33.0 Å². The monoisotopic (exact) mass is 241 g/mol. The molecule has 2 nitrogen and oxygen atoms in total. The second kappa shape index (κ2) is 8.10. The lowest BCUT2D eigenvalue weighted by Gasteiger charge is -2.36. The quantitative estimate of drug-likeness (QED) is 0.689. The Morgan fingerprint density at radius 3 is 2.29 bits per heavy atom. The third kappa shape index (κ3) is 5.39. The van der Waals surface area contributed by atoms with Gasteiger partial charge in [0.15, 0.2) is 0 Å². The third-order valence-corrected chi connectivity index (χ3v) is 3.90. The van der Waals surface area contributed by atoms with E-state index in [1.54, 1.807) is 0 Å². The molecule has 0 radical (unpaired) electrons. The van der Waals surface area contributed by atoms with Crippen molar-refractivity contribution in [3.8, 4) is 0 Å². The highest BCUT2D eigenvalue weighted by atomic mass is 16.5. The molecule has 1 saturated carbocycles. The van der Waals surface area contributed by atoms with E-state index in [0.717, 1.165) is 43.9 Å². The Labute approximate surface area is 108 Å². The summed E-state index contributed by atoms with van der Waals surface area (Å²) in [6.07, 6.45) is 5.27. The van der Waals surface area contributed by atoms with E-state index in [1.807, 2.05) is 0 Å². The second-order valence-electron chi connectivity index (χ2n) is 5.92. The summed E-state index contributed by atoms with van der Waals surface area (Å²) in [5, 5.41) is 3.63. The largest absolute Gasteiger partial charge is 0.380 e. The molecule has 0 spiro atoms. The number of likely N-dealkylation sites (N-methyl/N-ethyl adjacent to an activating group) is 1. The van der Waals surface area contributed by atoms with Crippen LogP contribution in [-0.4, -0.2) is 25.8 Å². The molecule has 0 amide bonds. The molecule has 0 aromatic carbocycles. The van der Waals surface area contributed by atoms with Crippen molar-refractivity contribution >= 4 is 0 Å². The first-order valence-corrected chi connectivity index (χ1v) is 7.48. The van der Waals surface area contributed by atoms with Gasteiger partial charge in [0, 0.05) is 12.6 Å². The summed E-state index contributed by atoms with van der Waals surface area (Å²) in [7, 11) is 0. The predicted molar refractivity (Wildman–Crippen MR) is 74.2 cm³/mol. The van der Waals surface area contributed by atoms with Gasteiger partial charge in [-0.1, -0.05) is 27.7 Å². The Bertz CT molecular complexity index is 185. The van der Waals surface area contributed by atoms with Crippen molar-refractivity contribution in [1.29, 1.82) is 0 Å². The van der Waals surface area contributed by atoms with E-state index in [4.69, 9.17) is 4.74 Å². The second-order valence-corrected chi connectivity index (χ2v) is 5.92. The summed E-state index contributed by atoms with van der Waals surface area (Å²) in [6.45, 7) is 12.0. The SMILES string of the molecule is CCCOCC(NCC)C1CC(C)CC(C)C1. The number of nitrogens with one attached hydrogen (secondary N) is 1. The Morgan fingerprint density at radius 1 is 1.12 bits per heavy atom. The number of hydrogen-bond acceptors (Lipinski definition) is 2. The molecule has 1 aliphatic rings. The van der Waals surface area contributed by atoms with Crippen LogP contribution in [0.25, 0.3) is 0 Å². The van der Waals surface area contributed by atoms with Gasteiger partial charge in [-0.2, -0.15) is 0 Å². The maximum atomic E-state index is 5.76. The molecule has 0 aliphatic heterocycles. The van der Waals surface area contributed by atoms with Crippen molar-refractivity contribution in [3.63, 3.8) is 0 Å². The van der Waals surface area contributed by atoms with Gasteiger partial charge in [0.05, 0.1) is 6.61 Å². The highest BCUT2D eigenvalue weighted by molar-refractivity contribution is 4.83. The van der Waals surface area contributed by atoms with Gasteiger partial charge in [-0.3, -0.25) is 0 Å². The smallest absolute Gasteiger partial charge is 0.0622 e.